The Hall–Kier alpha value is -1.40. The van der Waals surface area contributed by atoms with Crippen LogP contribution in [0.25, 0.3) is 0 Å². The topological polar surface area (TPSA) is 66.5 Å². The van der Waals surface area contributed by atoms with Gasteiger partial charge in [0.25, 0.3) is 0 Å². The molecule has 0 saturated carbocycles. The van der Waals surface area contributed by atoms with E-state index < -0.39 is 16.1 Å². The van der Waals surface area contributed by atoms with Crippen molar-refractivity contribution in [3.05, 3.63) is 35.4 Å². The van der Waals surface area contributed by atoms with Gasteiger partial charge in [0.1, 0.15) is 6.04 Å². The second-order valence-electron chi connectivity index (χ2n) is 7.25. The first-order valence-corrected chi connectivity index (χ1v) is 10.8. The van der Waals surface area contributed by atoms with Crippen LogP contribution >= 0.6 is 0 Å². The van der Waals surface area contributed by atoms with E-state index in [9.17, 15) is 13.2 Å². The molecule has 6 heteroatoms. The number of amides is 1. The fourth-order valence-electron chi connectivity index (χ4n) is 3.18. The van der Waals surface area contributed by atoms with E-state index in [0.717, 1.165) is 18.4 Å². The van der Waals surface area contributed by atoms with Crippen molar-refractivity contribution in [1.29, 1.82) is 0 Å². The minimum Gasteiger partial charge on any atom is -0.337 e. The van der Waals surface area contributed by atoms with Crippen molar-refractivity contribution < 1.29 is 13.2 Å². The predicted molar refractivity (Wildman–Crippen MR) is 101 cm³/mol. The molecule has 0 saturated heterocycles. The fraction of sp³-hybridized carbons (Fsp3) is 0.632. The average molecular weight is 367 g/mol. The highest BCUT2D eigenvalue weighted by molar-refractivity contribution is 7.89. The lowest BCUT2D eigenvalue weighted by Crippen LogP contribution is -2.50. The summed E-state index contributed by atoms with van der Waals surface area (Å²) in [7, 11) is -3.43. The minimum absolute atomic E-state index is 0.0776. The smallest absolute Gasteiger partial charge is 0.241 e. The van der Waals surface area contributed by atoms with Gasteiger partial charge in [-0.05, 0) is 36.3 Å². The summed E-state index contributed by atoms with van der Waals surface area (Å²) in [4.78, 5) is 14.8. The van der Waals surface area contributed by atoms with Crippen LogP contribution in [0.3, 0.4) is 0 Å². The van der Waals surface area contributed by atoms with Gasteiger partial charge in [-0.15, -0.1) is 0 Å². The quantitative estimate of drug-likeness (QED) is 0.769. The van der Waals surface area contributed by atoms with Gasteiger partial charge in [0.05, 0.1) is 5.75 Å². The Morgan fingerprint density at radius 2 is 1.92 bits per heavy atom. The summed E-state index contributed by atoms with van der Waals surface area (Å²) < 4.78 is 27.2. The molecule has 5 nitrogen and oxygen atoms in total. The van der Waals surface area contributed by atoms with Crippen LogP contribution in [-0.2, 0) is 27.8 Å². The number of fused-ring (bicyclic) bond motifs is 1. The first-order chi connectivity index (χ1) is 11.8. The molecule has 140 valence electrons. The van der Waals surface area contributed by atoms with Gasteiger partial charge in [0, 0.05) is 13.1 Å². The number of rotatable bonds is 8. The normalized spacial score (nSPS) is 15.9. The zero-order chi connectivity index (χ0) is 18.4. The van der Waals surface area contributed by atoms with Crippen LogP contribution in [0.4, 0.5) is 0 Å². The second-order valence-corrected chi connectivity index (χ2v) is 9.12. The summed E-state index contributed by atoms with van der Waals surface area (Å²) in [6, 6.07) is 7.45. The van der Waals surface area contributed by atoms with Gasteiger partial charge in [-0.2, -0.15) is 0 Å². The van der Waals surface area contributed by atoms with Crippen LogP contribution in [0.15, 0.2) is 24.3 Å². The lowest BCUT2D eigenvalue weighted by atomic mass is 9.98. The number of hydrogen-bond acceptors (Lipinski definition) is 3. The van der Waals surface area contributed by atoms with Gasteiger partial charge < -0.3 is 4.90 Å². The number of carbonyl (C=O) groups excluding carboxylic acids is 1. The molecule has 0 radical (unpaired) electrons. The molecular formula is C19H30N2O3S. The zero-order valence-electron chi connectivity index (χ0n) is 15.5. The number of benzene rings is 1. The summed E-state index contributed by atoms with van der Waals surface area (Å²) in [5.74, 6) is 0.206. The molecule has 0 aromatic heterocycles. The summed E-state index contributed by atoms with van der Waals surface area (Å²) in [5, 5.41) is 0. The van der Waals surface area contributed by atoms with Crippen molar-refractivity contribution in [2.75, 3.05) is 12.3 Å². The molecule has 1 N–H and O–H groups in total. The van der Waals surface area contributed by atoms with Crippen LogP contribution in [0.5, 0.6) is 0 Å². The van der Waals surface area contributed by atoms with E-state index in [0.29, 0.717) is 25.9 Å². The molecule has 1 aromatic carbocycles. The summed E-state index contributed by atoms with van der Waals surface area (Å²) in [5.41, 5.74) is 2.43. The van der Waals surface area contributed by atoms with Gasteiger partial charge in [0.2, 0.25) is 15.9 Å². The van der Waals surface area contributed by atoms with Gasteiger partial charge in [-0.3, -0.25) is 4.79 Å². The largest absolute Gasteiger partial charge is 0.337 e. The Kier molecular flexibility index (Phi) is 7.02. The maximum atomic E-state index is 13.0. The average Bonchev–Trinajstić information content (AvgIpc) is 2.57. The lowest BCUT2D eigenvalue weighted by Gasteiger charge is -2.32. The Bertz CT molecular complexity index is 686. The predicted octanol–water partition coefficient (Wildman–Crippen LogP) is 2.71. The van der Waals surface area contributed by atoms with Crippen LogP contribution in [0.1, 0.15) is 51.2 Å². The van der Waals surface area contributed by atoms with Crippen molar-refractivity contribution in [3.8, 4) is 0 Å². The maximum Gasteiger partial charge on any atom is 0.241 e. The van der Waals surface area contributed by atoms with E-state index in [4.69, 9.17) is 0 Å². The van der Waals surface area contributed by atoms with E-state index in [2.05, 4.69) is 10.8 Å². The molecule has 1 heterocycles. The molecular weight excluding hydrogens is 336 g/mol. The molecule has 1 atom stereocenters. The molecule has 25 heavy (non-hydrogen) atoms. The molecule has 0 aliphatic carbocycles. The molecule has 1 aliphatic rings. The van der Waals surface area contributed by atoms with Crippen molar-refractivity contribution in [2.24, 2.45) is 5.92 Å². The van der Waals surface area contributed by atoms with Gasteiger partial charge >= 0.3 is 0 Å². The molecule has 0 spiro atoms. The highest BCUT2D eigenvalue weighted by atomic mass is 32.2. The Balaban J connectivity index is 2.11. The van der Waals surface area contributed by atoms with E-state index >= 15 is 0 Å². The number of hydrogen-bond donors (Lipinski definition) is 1. The highest BCUT2D eigenvalue weighted by Crippen LogP contribution is 2.20. The van der Waals surface area contributed by atoms with E-state index in [-0.39, 0.29) is 17.6 Å². The zero-order valence-corrected chi connectivity index (χ0v) is 16.3. The lowest BCUT2D eigenvalue weighted by molar-refractivity contribution is -0.134. The molecule has 1 amide bonds. The highest BCUT2D eigenvalue weighted by Gasteiger charge is 2.30. The number of sulfonamides is 1. The minimum atomic E-state index is -3.43. The Morgan fingerprint density at radius 1 is 1.24 bits per heavy atom. The van der Waals surface area contributed by atoms with Crippen molar-refractivity contribution >= 4 is 15.9 Å². The molecule has 0 fully saturated rings. The van der Waals surface area contributed by atoms with Gasteiger partial charge in [-0.25, -0.2) is 13.1 Å². The summed E-state index contributed by atoms with van der Waals surface area (Å²) >= 11 is 0. The van der Waals surface area contributed by atoms with E-state index in [1.807, 2.05) is 39.0 Å². The van der Waals surface area contributed by atoms with Crippen LogP contribution in [0.2, 0.25) is 0 Å². The summed E-state index contributed by atoms with van der Waals surface area (Å²) in [6.07, 6.45) is 2.75. The monoisotopic (exact) mass is 366 g/mol. The first-order valence-electron chi connectivity index (χ1n) is 9.18. The standard InChI is InChI=1S/C19H30N2O3S/c1-4-5-12-25(23,24)20-18(13-15(2)3)19(22)21-11-10-16-8-6-7-9-17(16)14-21/h6-9,15,18,20H,4-5,10-14H2,1-3H3/t18-/m1/s1. The second kappa shape index (κ2) is 8.81. The first kappa shape index (κ1) is 19.9. The molecule has 1 aromatic rings. The number of nitrogens with one attached hydrogen (secondary N) is 1. The third-order valence-electron chi connectivity index (χ3n) is 4.54. The summed E-state index contributed by atoms with van der Waals surface area (Å²) in [6.45, 7) is 7.16. The molecule has 0 bridgehead atoms. The van der Waals surface area contributed by atoms with E-state index in [1.165, 1.54) is 5.56 Å². The van der Waals surface area contributed by atoms with Gasteiger partial charge in [-0.1, -0.05) is 51.5 Å². The van der Waals surface area contributed by atoms with Crippen LogP contribution < -0.4 is 4.72 Å². The van der Waals surface area contributed by atoms with Gasteiger partial charge in [0.15, 0.2) is 0 Å². The van der Waals surface area contributed by atoms with Crippen LogP contribution in [-0.4, -0.2) is 37.6 Å². The SMILES string of the molecule is CCCCS(=O)(=O)N[C@H](CC(C)C)C(=O)N1CCc2ccccc2C1. The van der Waals surface area contributed by atoms with Crippen molar-refractivity contribution in [1.82, 2.24) is 9.62 Å². The van der Waals surface area contributed by atoms with Crippen LogP contribution in [0, 0.1) is 5.92 Å². The Morgan fingerprint density at radius 3 is 2.56 bits per heavy atom. The number of nitrogens with zero attached hydrogens (tertiary/aromatic N) is 1. The number of unbranched alkanes of at least 4 members (excludes halogenated alkanes) is 1. The fourth-order valence-corrected chi connectivity index (χ4v) is 4.60. The van der Waals surface area contributed by atoms with E-state index in [1.54, 1.807) is 4.90 Å². The Labute approximate surface area is 151 Å². The number of carbonyl (C=O) groups is 1. The maximum absolute atomic E-state index is 13.0. The molecule has 2 rings (SSSR count). The molecule has 1 aliphatic heterocycles. The molecule has 0 unspecified atom stereocenters. The van der Waals surface area contributed by atoms with Crippen molar-refractivity contribution in [2.45, 2.75) is 59.0 Å². The van der Waals surface area contributed by atoms with Crippen molar-refractivity contribution in [3.63, 3.8) is 0 Å². The third-order valence-corrected chi connectivity index (χ3v) is 6.01. The third kappa shape index (κ3) is 5.82.